The van der Waals surface area contributed by atoms with Crippen LogP contribution in [0.2, 0.25) is 0 Å². The van der Waals surface area contributed by atoms with E-state index in [1.807, 2.05) is 0 Å². The molecule has 0 amide bonds. The Kier molecular flexibility index (Phi) is 4.88. The normalized spacial score (nSPS) is 28.5. The van der Waals surface area contributed by atoms with E-state index in [2.05, 4.69) is 10.0 Å². The van der Waals surface area contributed by atoms with Crippen LogP contribution in [0.5, 0.6) is 0 Å². The van der Waals surface area contributed by atoms with Gasteiger partial charge in [-0.25, -0.2) is 0 Å². The third kappa shape index (κ3) is 4.05. The molecule has 1 saturated carbocycles. The summed E-state index contributed by atoms with van der Waals surface area (Å²) in [5, 5.41) is 13.9. The maximum absolute atomic E-state index is 11.8. The number of piperidine rings is 2. The molecule has 3 aliphatic rings. The second-order valence-electron chi connectivity index (χ2n) is 6.34. The van der Waals surface area contributed by atoms with Crippen molar-refractivity contribution in [1.29, 1.82) is 0 Å². The molecule has 0 aromatic rings. The third-order valence-electron chi connectivity index (χ3n) is 4.53. The molecule has 3 rings (SSSR count). The molecule has 0 aromatic heterocycles. The molecule has 2 saturated heterocycles. The first-order valence-corrected chi connectivity index (χ1v) is 8.48. The number of nitrogens with zero attached hydrogens (tertiary/aromatic N) is 4. The van der Waals surface area contributed by atoms with E-state index in [-0.39, 0.29) is 0 Å². The quantitative estimate of drug-likeness (QED) is 0.784. The Balaban J connectivity index is 1.73. The smallest absolute Gasteiger partial charge is 0.139 e. The Morgan fingerprint density at radius 2 is 1.19 bits per heavy atom. The number of rotatable bonds is 2. The van der Waals surface area contributed by atoms with Crippen LogP contribution in [-0.2, 0) is 4.79 Å². The molecule has 0 spiro atoms. The molecular formula is C16H26N4O. The van der Waals surface area contributed by atoms with E-state index in [1.54, 1.807) is 0 Å². The van der Waals surface area contributed by atoms with Crippen molar-refractivity contribution in [3.63, 3.8) is 0 Å². The maximum atomic E-state index is 11.8. The Hall–Kier alpha value is -1.39. The maximum Gasteiger partial charge on any atom is 0.139 e. The van der Waals surface area contributed by atoms with Gasteiger partial charge in [0.15, 0.2) is 0 Å². The third-order valence-corrected chi connectivity index (χ3v) is 4.53. The van der Waals surface area contributed by atoms with Crippen molar-refractivity contribution >= 4 is 17.2 Å². The van der Waals surface area contributed by atoms with Crippen LogP contribution in [0.1, 0.15) is 57.8 Å². The average molecular weight is 290 g/mol. The van der Waals surface area contributed by atoms with Crippen LogP contribution < -0.4 is 0 Å². The summed E-state index contributed by atoms with van der Waals surface area (Å²) in [4.78, 5) is 11.8. The first kappa shape index (κ1) is 14.5. The average Bonchev–Trinajstić information content (AvgIpc) is 2.52. The van der Waals surface area contributed by atoms with E-state index in [0.29, 0.717) is 18.6 Å². The van der Waals surface area contributed by atoms with Gasteiger partial charge in [0.2, 0.25) is 0 Å². The number of carbonyl (C=O) groups excluding carboxylic acids is 1. The molecule has 1 aliphatic carbocycles. The molecule has 0 radical (unpaired) electrons. The number of Topliss-reactive ketones (excluding diaryl/α,β-unsaturated/α-hetero) is 1. The van der Waals surface area contributed by atoms with Crippen molar-refractivity contribution < 1.29 is 4.79 Å². The largest absolute Gasteiger partial charge is 0.299 e. The molecule has 0 aromatic carbocycles. The van der Waals surface area contributed by atoms with Crippen LogP contribution in [0, 0.1) is 0 Å². The van der Waals surface area contributed by atoms with Crippen molar-refractivity contribution in [2.24, 2.45) is 10.2 Å². The Morgan fingerprint density at radius 3 is 1.76 bits per heavy atom. The van der Waals surface area contributed by atoms with E-state index in [4.69, 9.17) is 10.2 Å². The number of carbonyl (C=O) groups is 1. The Bertz CT molecular complexity index is 432. The van der Waals surface area contributed by atoms with Crippen molar-refractivity contribution in [3.05, 3.63) is 0 Å². The van der Waals surface area contributed by atoms with E-state index < -0.39 is 0 Å². The zero-order valence-corrected chi connectivity index (χ0v) is 12.9. The number of hydrogen-bond donors (Lipinski definition) is 0. The fourth-order valence-electron chi connectivity index (χ4n) is 3.28. The molecule has 2 heterocycles. The monoisotopic (exact) mass is 290 g/mol. The van der Waals surface area contributed by atoms with Gasteiger partial charge in [-0.3, -0.25) is 14.8 Å². The van der Waals surface area contributed by atoms with Gasteiger partial charge < -0.3 is 0 Å². The lowest BCUT2D eigenvalue weighted by molar-refractivity contribution is -0.117. The molecule has 0 bridgehead atoms. The van der Waals surface area contributed by atoms with Crippen molar-refractivity contribution in [2.75, 3.05) is 26.2 Å². The molecule has 5 nitrogen and oxygen atoms in total. The number of hydrazone groups is 2. The van der Waals surface area contributed by atoms with Crippen LogP contribution in [0.25, 0.3) is 0 Å². The SMILES string of the molecule is O=C1CCC(=N/N2CCCCC2)/C(=N/N2CCCCC2)C1. The molecule has 5 heteroatoms. The van der Waals surface area contributed by atoms with Gasteiger partial charge >= 0.3 is 0 Å². The minimum absolute atomic E-state index is 0.309. The molecular weight excluding hydrogens is 264 g/mol. The van der Waals surface area contributed by atoms with Crippen molar-refractivity contribution in [2.45, 2.75) is 57.8 Å². The zero-order valence-electron chi connectivity index (χ0n) is 12.9. The highest BCUT2D eigenvalue weighted by molar-refractivity contribution is 6.46. The molecule has 0 unspecified atom stereocenters. The first-order chi connectivity index (χ1) is 10.3. The van der Waals surface area contributed by atoms with Crippen LogP contribution >= 0.6 is 0 Å². The van der Waals surface area contributed by atoms with Crippen LogP contribution in [0.15, 0.2) is 10.2 Å². The van der Waals surface area contributed by atoms with Gasteiger partial charge in [-0.05, 0) is 38.5 Å². The topological polar surface area (TPSA) is 48.3 Å². The lowest BCUT2D eigenvalue weighted by atomic mass is 9.95. The predicted octanol–water partition coefficient (Wildman–Crippen LogP) is 2.42. The lowest BCUT2D eigenvalue weighted by Crippen LogP contribution is -2.34. The first-order valence-electron chi connectivity index (χ1n) is 8.48. The van der Waals surface area contributed by atoms with Crippen LogP contribution in [-0.4, -0.2) is 53.4 Å². The highest BCUT2D eigenvalue weighted by Gasteiger charge is 2.24. The van der Waals surface area contributed by atoms with E-state index in [0.717, 1.165) is 44.0 Å². The van der Waals surface area contributed by atoms with Gasteiger partial charge in [-0.1, -0.05) is 0 Å². The molecule has 0 N–H and O–H groups in total. The minimum Gasteiger partial charge on any atom is -0.299 e. The summed E-state index contributed by atoms with van der Waals surface area (Å²) in [7, 11) is 0. The molecule has 2 aliphatic heterocycles. The summed E-state index contributed by atoms with van der Waals surface area (Å²) in [5.41, 5.74) is 1.99. The van der Waals surface area contributed by atoms with Crippen LogP contribution in [0.3, 0.4) is 0 Å². The summed E-state index contributed by atoms with van der Waals surface area (Å²) >= 11 is 0. The summed E-state index contributed by atoms with van der Waals surface area (Å²) in [6.07, 6.45) is 9.37. The van der Waals surface area contributed by atoms with Crippen molar-refractivity contribution in [1.82, 2.24) is 10.0 Å². The molecule has 21 heavy (non-hydrogen) atoms. The number of hydrogen-bond acceptors (Lipinski definition) is 5. The van der Waals surface area contributed by atoms with Crippen LogP contribution in [0.4, 0.5) is 0 Å². The molecule has 3 fully saturated rings. The van der Waals surface area contributed by atoms with Gasteiger partial charge in [0.25, 0.3) is 0 Å². The minimum atomic E-state index is 0.309. The van der Waals surface area contributed by atoms with Crippen molar-refractivity contribution in [3.8, 4) is 0 Å². The summed E-state index contributed by atoms with van der Waals surface area (Å²) in [5.74, 6) is 0.309. The lowest BCUT2D eigenvalue weighted by Gasteiger charge is -2.28. The zero-order chi connectivity index (χ0) is 14.5. The fraction of sp³-hybridized carbons (Fsp3) is 0.812. The Labute approximate surface area is 127 Å². The molecule has 0 atom stereocenters. The molecule has 116 valence electrons. The van der Waals surface area contributed by atoms with Gasteiger partial charge in [-0.15, -0.1) is 0 Å². The summed E-state index contributed by atoms with van der Waals surface area (Å²) in [6, 6.07) is 0. The van der Waals surface area contributed by atoms with E-state index in [1.165, 1.54) is 38.5 Å². The van der Waals surface area contributed by atoms with Gasteiger partial charge in [0, 0.05) is 39.0 Å². The Morgan fingerprint density at radius 1 is 0.667 bits per heavy atom. The second kappa shape index (κ2) is 7.05. The standard InChI is InChI=1S/C16H26N4O/c21-14-7-8-15(17-19-9-3-1-4-10-19)16(13-14)18-20-11-5-2-6-12-20/h1-13H2/b17-15-,18-16+. The number of ketones is 1. The highest BCUT2D eigenvalue weighted by atomic mass is 16.1. The highest BCUT2D eigenvalue weighted by Crippen LogP contribution is 2.17. The summed E-state index contributed by atoms with van der Waals surface area (Å²) < 4.78 is 0. The van der Waals surface area contributed by atoms with E-state index in [9.17, 15) is 4.79 Å². The summed E-state index contributed by atoms with van der Waals surface area (Å²) in [6.45, 7) is 4.15. The van der Waals surface area contributed by atoms with Gasteiger partial charge in [-0.2, -0.15) is 10.2 Å². The second-order valence-corrected chi connectivity index (χ2v) is 6.34. The fourth-order valence-corrected chi connectivity index (χ4v) is 3.28. The predicted molar refractivity (Wildman–Crippen MR) is 84.6 cm³/mol. The van der Waals surface area contributed by atoms with E-state index >= 15 is 0 Å². The van der Waals surface area contributed by atoms with Gasteiger partial charge in [0.05, 0.1) is 17.8 Å². The van der Waals surface area contributed by atoms with Gasteiger partial charge in [0.1, 0.15) is 5.78 Å².